The van der Waals surface area contributed by atoms with E-state index in [1.807, 2.05) is 0 Å². The minimum absolute atomic E-state index is 0.0972. The number of halogens is 1. The molecule has 3 heteroatoms. The summed E-state index contributed by atoms with van der Waals surface area (Å²) in [6.45, 7) is 0.209. The van der Waals surface area contributed by atoms with Gasteiger partial charge in [-0.25, -0.2) is 4.39 Å². The summed E-state index contributed by atoms with van der Waals surface area (Å²) in [5, 5.41) is 0. The zero-order valence-electron chi connectivity index (χ0n) is 3.19. The van der Waals surface area contributed by atoms with E-state index >= 15 is 0 Å². The first-order valence-electron chi connectivity index (χ1n) is 1.73. The van der Waals surface area contributed by atoms with Crippen LogP contribution in [0.2, 0.25) is 0 Å². The number of rotatable bonds is 0. The summed E-state index contributed by atoms with van der Waals surface area (Å²) in [6, 6.07) is 0. The predicted molar refractivity (Wildman–Crippen MR) is 16.8 cm³/mol. The Bertz CT molecular complexity index is 42.1. The van der Waals surface area contributed by atoms with Crippen LogP contribution in [0.1, 0.15) is 0 Å². The largest absolute Gasteiger partial charge is 0.350 e. The smallest absolute Gasteiger partial charge is 0.224 e. The molecule has 0 N–H and O–H groups in total. The first-order chi connectivity index (χ1) is 2.89. The lowest BCUT2D eigenvalue weighted by Crippen LogP contribution is -1.97. The molecule has 0 bridgehead atoms. The molecule has 0 aromatic rings. The second kappa shape index (κ2) is 1.53. The lowest BCUT2D eigenvalue weighted by Gasteiger charge is -1.86. The molecule has 6 heavy (non-hydrogen) atoms. The first kappa shape index (κ1) is 4.02. The molecule has 1 atom stereocenters. The molecule has 0 aromatic carbocycles. The summed E-state index contributed by atoms with van der Waals surface area (Å²) < 4.78 is 20.3. The fourth-order valence-electron chi connectivity index (χ4n) is 0.311. The summed E-state index contributed by atoms with van der Waals surface area (Å²) in [7, 11) is 0. The highest BCUT2D eigenvalue weighted by molar-refractivity contribution is 4.39. The monoisotopic (exact) mass is 92.0 g/mol. The molecule has 1 aliphatic heterocycles. The Kier molecular flexibility index (Phi) is 1.03. The molecule has 1 aliphatic rings. The van der Waals surface area contributed by atoms with Gasteiger partial charge in [-0.1, -0.05) is 0 Å². The SMILES string of the molecule is FC1COCO1. The van der Waals surface area contributed by atoms with Gasteiger partial charge in [0.25, 0.3) is 0 Å². The van der Waals surface area contributed by atoms with Crippen molar-refractivity contribution >= 4 is 0 Å². The normalized spacial score (nSPS) is 34.5. The minimum Gasteiger partial charge on any atom is -0.350 e. The Morgan fingerprint density at radius 1 is 1.67 bits per heavy atom. The van der Waals surface area contributed by atoms with Crippen LogP contribution in [-0.4, -0.2) is 19.8 Å². The van der Waals surface area contributed by atoms with Crippen LogP contribution in [0.3, 0.4) is 0 Å². The average molecular weight is 92.1 g/mol. The molecule has 0 radical (unpaired) electrons. The van der Waals surface area contributed by atoms with Crippen molar-refractivity contribution < 1.29 is 13.9 Å². The van der Waals surface area contributed by atoms with Crippen LogP contribution in [0.15, 0.2) is 0 Å². The molecule has 1 rings (SSSR count). The van der Waals surface area contributed by atoms with Crippen molar-refractivity contribution in [3.8, 4) is 0 Å². The van der Waals surface area contributed by atoms with E-state index in [-0.39, 0.29) is 13.4 Å². The van der Waals surface area contributed by atoms with Crippen LogP contribution < -0.4 is 0 Å². The van der Waals surface area contributed by atoms with Gasteiger partial charge in [0, 0.05) is 0 Å². The Balaban J connectivity index is 2.18. The van der Waals surface area contributed by atoms with Crippen LogP contribution in [-0.2, 0) is 9.47 Å². The molecule has 1 saturated heterocycles. The highest BCUT2D eigenvalue weighted by atomic mass is 19.1. The van der Waals surface area contributed by atoms with Gasteiger partial charge in [-0.15, -0.1) is 0 Å². The highest BCUT2D eigenvalue weighted by Crippen LogP contribution is 2.01. The van der Waals surface area contributed by atoms with Crippen LogP contribution in [0.5, 0.6) is 0 Å². The third-order valence-corrected chi connectivity index (χ3v) is 0.581. The second-order valence-corrected chi connectivity index (χ2v) is 1.07. The van der Waals surface area contributed by atoms with Gasteiger partial charge in [0.15, 0.2) is 6.79 Å². The fourth-order valence-corrected chi connectivity index (χ4v) is 0.311. The van der Waals surface area contributed by atoms with Crippen molar-refractivity contribution in [2.75, 3.05) is 13.4 Å². The van der Waals surface area contributed by atoms with Gasteiger partial charge in [-0.2, -0.15) is 0 Å². The molecule has 2 nitrogen and oxygen atoms in total. The Morgan fingerprint density at radius 2 is 2.50 bits per heavy atom. The number of ether oxygens (including phenoxy) is 2. The van der Waals surface area contributed by atoms with E-state index in [9.17, 15) is 4.39 Å². The molecule has 1 fully saturated rings. The van der Waals surface area contributed by atoms with E-state index in [2.05, 4.69) is 9.47 Å². The molecule has 1 heterocycles. The van der Waals surface area contributed by atoms with Gasteiger partial charge in [0.05, 0.1) is 0 Å². The summed E-state index contributed by atoms with van der Waals surface area (Å²) in [4.78, 5) is 0. The van der Waals surface area contributed by atoms with Gasteiger partial charge in [-0.05, 0) is 0 Å². The summed E-state index contributed by atoms with van der Waals surface area (Å²) >= 11 is 0. The first-order valence-corrected chi connectivity index (χ1v) is 1.73. The quantitative estimate of drug-likeness (QED) is 0.427. The average Bonchev–Trinajstić information content (AvgIpc) is 1.86. The molecule has 36 valence electrons. The lowest BCUT2D eigenvalue weighted by molar-refractivity contribution is -0.00403. The van der Waals surface area contributed by atoms with Crippen molar-refractivity contribution in [3.63, 3.8) is 0 Å². The fraction of sp³-hybridized carbons (Fsp3) is 1.00. The second-order valence-electron chi connectivity index (χ2n) is 1.07. The van der Waals surface area contributed by atoms with E-state index in [1.165, 1.54) is 0 Å². The van der Waals surface area contributed by atoms with Crippen LogP contribution in [0.25, 0.3) is 0 Å². The number of hydrogen-bond acceptors (Lipinski definition) is 2. The lowest BCUT2D eigenvalue weighted by atomic mass is 10.8. The van der Waals surface area contributed by atoms with Gasteiger partial charge in [0.2, 0.25) is 6.36 Å². The van der Waals surface area contributed by atoms with Crippen molar-refractivity contribution in [2.24, 2.45) is 0 Å². The van der Waals surface area contributed by atoms with Crippen LogP contribution >= 0.6 is 0 Å². The van der Waals surface area contributed by atoms with E-state index in [1.54, 1.807) is 0 Å². The molecular formula is C3H5FO2. The van der Waals surface area contributed by atoms with Crippen molar-refractivity contribution in [2.45, 2.75) is 6.36 Å². The molecule has 0 amide bonds. The highest BCUT2D eigenvalue weighted by Gasteiger charge is 2.12. The van der Waals surface area contributed by atoms with Crippen molar-refractivity contribution in [1.82, 2.24) is 0 Å². The van der Waals surface area contributed by atoms with Crippen LogP contribution in [0, 0.1) is 0 Å². The summed E-state index contributed by atoms with van der Waals surface area (Å²) in [5.74, 6) is 0. The number of alkyl halides is 1. The maximum Gasteiger partial charge on any atom is 0.224 e. The maximum atomic E-state index is 11.6. The Morgan fingerprint density at radius 3 is 2.67 bits per heavy atom. The van der Waals surface area contributed by atoms with Gasteiger partial charge < -0.3 is 9.47 Å². The molecule has 0 aliphatic carbocycles. The molecule has 1 unspecified atom stereocenters. The third kappa shape index (κ3) is 0.666. The predicted octanol–water partition coefficient (Wildman–Crippen LogP) is 0.286. The van der Waals surface area contributed by atoms with Gasteiger partial charge in [0.1, 0.15) is 6.61 Å². The maximum absolute atomic E-state index is 11.6. The molecular weight excluding hydrogens is 87.0 g/mol. The zero-order valence-corrected chi connectivity index (χ0v) is 3.19. The standard InChI is InChI=1S/C3H5FO2/c4-3-1-5-2-6-3/h3H,1-2H2. The summed E-state index contributed by atoms with van der Waals surface area (Å²) in [5.41, 5.74) is 0. The van der Waals surface area contributed by atoms with Gasteiger partial charge in [-0.3, -0.25) is 0 Å². The molecule has 0 spiro atoms. The molecule has 0 saturated carbocycles. The minimum atomic E-state index is -1.18. The Hall–Kier alpha value is -0.150. The van der Waals surface area contributed by atoms with Gasteiger partial charge >= 0.3 is 0 Å². The number of hydrogen-bond donors (Lipinski definition) is 0. The van der Waals surface area contributed by atoms with Crippen molar-refractivity contribution in [1.29, 1.82) is 0 Å². The zero-order chi connectivity index (χ0) is 4.41. The third-order valence-electron chi connectivity index (χ3n) is 0.581. The summed E-state index contributed by atoms with van der Waals surface area (Å²) in [6.07, 6.45) is -1.18. The van der Waals surface area contributed by atoms with E-state index in [0.717, 1.165) is 0 Å². The van der Waals surface area contributed by atoms with E-state index in [4.69, 9.17) is 0 Å². The van der Waals surface area contributed by atoms with Crippen LogP contribution in [0.4, 0.5) is 4.39 Å². The topological polar surface area (TPSA) is 18.5 Å². The van der Waals surface area contributed by atoms with E-state index < -0.39 is 6.36 Å². The molecule has 0 aromatic heterocycles. The van der Waals surface area contributed by atoms with E-state index in [0.29, 0.717) is 0 Å². The van der Waals surface area contributed by atoms with Crippen molar-refractivity contribution in [3.05, 3.63) is 0 Å². The Labute approximate surface area is 34.9 Å².